The molecule has 0 spiro atoms. The number of carbonyl (C=O) groups excluding carboxylic acids is 2. The van der Waals surface area contributed by atoms with Gasteiger partial charge in [0, 0.05) is 6.54 Å². The third kappa shape index (κ3) is 3.64. The zero-order chi connectivity index (χ0) is 15.4. The monoisotopic (exact) mass is 305 g/mol. The van der Waals surface area contributed by atoms with E-state index in [4.69, 9.17) is 0 Å². The molecule has 0 fully saturated rings. The van der Waals surface area contributed by atoms with Crippen molar-refractivity contribution in [2.24, 2.45) is 4.99 Å². The second-order valence-electron chi connectivity index (χ2n) is 4.82. The SMILES string of the molecule is CCNC(=O)[C@@H](C)SC1=NCC(=O)N1c1ccc(C)cc1. The Morgan fingerprint density at radius 3 is 2.71 bits per heavy atom. The Morgan fingerprint density at radius 2 is 2.10 bits per heavy atom. The summed E-state index contributed by atoms with van der Waals surface area (Å²) in [5.41, 5.74) is 1.92. The Hall–Kier alpha value is -1.82. The van der Waals surface area contributed by atoms with Crippen molar-refractivity contribution in [3.05, 3.63) is 29.8 Å². The average molecular weight is 305 g/mol. The van der Waals surface area contributed by atoms with E-state index < -0.39 is 0 Å². The summed E-state index contributed by atoms with van der Waals surface area (Å²) in [6.45, 7) is 6.42. The molecule has 1 aromatic rings. The quantitative estimate of drug-likeness (QED) is 0.925. The van der Waals surface area contributed by atoms with Crippen LogP contribution < -0.4 is 10.2 Å². The fourth-order valence-electron chi connectivity index (χ4n) is 1.95. The third-order valence-electron chi connectivity index (χ3n) is 3.08. The number of rotatable bonds is 4. The Labute approximate surface area is 128 Å². The molecule has 0 bridgehead atoms. The van der Waals surface area contributed by atoms with Gasteiger partial charge in [-0.1, -0.05) is 29.5 Å². The van der Waals surface area contributed by atoms with Crippen LogP contribution in [0.3, 0.4) is 0 Å². The number of amides is 2. The molecular weight excluding hydrogens is 286 g/mol. The third-order valence-corrected chi connectivity index (χ3v) is 4.17. The maximum absolute atomic E-state index is 12.0. The molecule has 5 nitrogen and oxygen atoms in total. The van der Waals surface area contributed by atoms with Crippen LogP contribution in [0.4, 0.5) is 5.69 Å². The number of hydrogen-bond acceptors (Lipinski definition) is 4. The van der Waals surface area contributed by atoms with Crippen molar-refractivity contribution >= 4 is 34.4 Å². The van der Waals surface area contributed by atoms with Crippen LogP contribution in [0.25, 0.3) is 0 Å². The van der Waals surface area contributed by atoms with E-state index in [2.05, 4.69) is 10.3 Å². The lowest BCUT2D eigenvalue weighted by atomic mass is 10.2. The van der Waals surface area contributed by atoms with Crippen LogP contribution in [0.1, 0.15) is 19.4 Å². The maximum atomic E-state index is 12.0. The summed E-state index contributed by atoms with van der Waals surface area (Å²) in [5.74, 6) is -0.113. The molecular formula is C15H19N3O2S. The Morgan fingerprint density at radius 1 is 1.43 bits per heavy atom. The molecule has 0 aliphatic carbocycles. The number of hydrogen-bond donors (Lipinski definition) is 1. The van der Waals surface area contributed by atoms with Crippen LogP contribution in [0.5, 0.6) is 0 Å². The van der Waals surface area contributed by atoms with Gasteiger partial charge in [-0.3, -0.25) is 19.5 Å². The summed E-state index contributed by atoms with van der Waals surface area (Å²) in [5, 5.41) is 3.07. The number of benzene rings is 1. The minimum Gasteiger partial charge on any atom is -0.355 e. The fourth-order valence-corrected chi connectivity index (χ4v) is 2.91. The van der Waals surface area contributed by atoms with Gasteiger partial charge in [-0.05, 0) is 32.9 Å². The Kier molecular flexibility index (Phi) is 5.01. The Balaban J connectivity index is 2.13. The summed E-state index contributed by atoms with van der Waals surface area (Å²) in [4.78, 5) is 29.7. The lowest BCUT2D eigenvalue weighted by Gasteiger charge is -2.20. The number of anilines is 1. The zero-order valence-corrected chi connectivity index (χ0v) is 13.2. The number of nitrogens with one attached hydrogen (secondary N) is 1. The number of aliphatic imine (C=N–C) groups is 1. The van der Waals surface area contributed by atoms with Gasteiger partial charge < -0.3 is 5.32 Å². The molecule has 1 aromatic carbocycles. The van der Waals surface area contributed by atoms with Gasteiger partial charge in [-0.15, -0.1) is 0 Å². The van der Waals surface area contributed by atoms with Crippen molar-refractivity contribution in [2.45, 2.75) is 26.0 Å². The normalized spacial score (nSPS) is 15.9. The highest BCUT2D eigenvalue weighted by atomic mass is 32.2. The molecule has 1 atom stereocenters. The van der Waals surface area contributed by atoms with Gasteiger partial charge in [0.15, 0.2) is 5.17 Å². The predicted molar refractivity (Wildman–Crippen MR) is 86.7 cm³/mol. The lowest BCUT2D eigenvalue weighted by Crippen LogP contribution is -2.35. The van der Waals surface area contributed by atoms with Gasteiger partial charge in [0.1, 0.15) is 6.54 Å². The highest BCUT2D eigenvalue weighted by molar-refractivity contribution is 8.15. The minimum atomic E-state index is -0.289. The summed E-state index contributed by atoms with van der Waals surface area (Å²) in [6.07, 6.45) is 0. The average Bonchev–Trinajstić information content (AvgIpc) is 2.81. The largest absolute Gasteiger partial charge is 0.355 e. The van der Waals surface area contributed by atoms with Gasteiger partial charge in [-0.25, -0.2) is 0 Å². The second kappa shape index (κ2) is 6.76. The van der Waals surface area contributed by atoms with E-state index in [1.807, 2.05) is 45.0 Å². The molecule has 0 aromatic heterocycles. The highest BCUT2D eigenvalue weighted by Crippen LogP contribution is 2.26. The Bertz CT molecular complexity index is 569. The topological polar surface area (TPSA) is 61.8 Å². The first-order chi connectivity index (χ1) is 10.0. The standard InChI is InChI=1S/C15H19N3O2S/c1-4-16-14(20)11(3)21-15-17-9-13(19)18(15)12-7-5-10(2)6-8-12/h5-8,11H,4,9H2,1-3H3,(H,16,20)/t11-/m1/s1. The van der Waals surface area contributed by atoms with Gasteiger partial charge in [0.05, 0.1) is 10.9 Å². The van der Waals surface area contributed by atoms with Crippen LogP contribution in [0, 0.1) is 6.92 Å². The van der Waals surface area contributed by atoms with Crippen LogP contribution >= 0.6 is 11.8 Å². The highest BCUT2D eigenvalue weighted by Gasteiger charge is 2.30. The summed E-state index contributed by atoms with van der Waals surface area (Å²) in [7, 11) is 0. The van der Waals surface area contributed by atoms with E-state index in [0.717, 1.165) is 11.3 Å². The van der Waals surface area contributed by atoms with Gasteiger partial charge >= 0.3 is 0 Å². The van der Waals surface area contributed by atoms with E-state index in [9.17, 15) is 9.59 Å². The van der Waals surface area contributed by atoms with E-state index in [-0.39, 0.29) is 23.6 Å². The predicted octanol–water partition coefficient (Wildman–Crippen LogP) is 1.96. The minimum absolute atomic E-state index is 0.0478. The van der Waals surface area contributed by atoms with Gasteiger partial charge in [0.25, 0.3) is 5.91 Å². The molecule has 1 aliphatic rings. The summed E-state index contributed by atoms with van der Waals surface area (Å²) in [6, 6.07) is 7.70. The maximum Gasteiger partial charge on any atom is 0.254 e. The molecule has 112 valence electrons. The van der Waals surface area contributed by atoms with Crippen molar-refractivity contribution in [1.82, 2.24) is 5.32 Å². The van der Waals surface area contributed by atoms with Crippen molar-refractivity contribution < 1.29 is 9.59 Å². The summed E-state index contributed by atoms with van der Waals surface area (Å²) < 4.78 is 0. The van der Waals surface area contributed by atoms with Crippen molar-refractivity contribution in [3.8, 4) is 0 Å². The van der Waals surface area contributed by atoms with Crippen LogP contribution in [-0.2, 0) is 9.59 Å². The molecule has 0 radical (unpaired) electrons. The zero-order valence-electron chi connectivity index (χ0n) is 12.4. The first-order valence-corrected chi connectivity index (χ1v) is 7.79. The molecule has 2 amide bonds. The number of amidine groups is 1. The van der Waals surface area contributed by atoms with E-state index in [1.165, 1.54) is 11.8 Å². The number of carbonyl (C=O) groups is 2. The summed E-state index contributed by atoms with van der Waals surface area (Å²) >= 11 is 1.31. The second-order valence-corrected chi connectivity index (χ2v) is 6.13. The molecule has 0 saturated heterocycles. The molecule has 0 saturated carbocycles. The number of thioether (sulfide) groups is 1. The smallest absolute Gasteiger partial charge is 0.254 e. The first-order valence-electron chi connectivity index (χ1n) is 6.91. The van der Waals surface area contributed by atoms with Crippen molar-refractivity contribution in [3.63, 3.8) is 0 Å². The lowest BCUT2D eigenvalue weighted by molar-refractivity contribution is -0.120. The van der Waals surface area contributed by atoms with Crippen molar-refractivity contribution in [1.29, 1.82) is 0 Å². The van der Waals surface area contributed by atoms with E-state index in [0.29, 0.717) is 11.7 Å². The molecule has 6 heteroatoms. The molecule has 1 heterocycles. The van der Waals surface area contributed by atoms with Crippen LogP contribution in [-0.4, -0.2) is 35.3 Å². The number of nitrogens with zero attached hydrogens (tertiary/aromatic N) is 2. The van der Waals surface area contributed by atoms with Gasteiger partial charge in [-0.2, -0.15) is 0 Å². The molecule has 2 rings (SSSR count). The van der Waals surface area contributed by atoms with Gasteiger partial charge in [0.2, 0.25) is 5.91 Å². The molecule has 21 heavy (non-hydrogen) atoms. The van der Waals surface area contributed by atoms with Crippen LogP contribution in [0.15, 0.2) is 29.3 Å². The van der Waals surface area contributed by atoms with E-state index in [1.54, 1.807) is 4.90 Å². The molecule has 1 N–H and O–H groups in total. The van der Waals surface area contributed by atoms with E-state index >= 15 is 0 Å². The first kappa shape index (κ1) is 15.6. The number of aryl methyl sites for hydroxylation is 1. The van der Waals surface area contributed by atoms with Crippen LogP contribution in [0.2, 0.25) is 0 Å². The molecule has 0 unspecified atom stereocenters. The van der Waals surface area contributed by atoms with Crippen molar-refractivity contribution in [2.75, 3.05) is 18.0 Å². The fraction of sp³-hybridized carbons (Fsp3) is 0.400. The molecule has 1 aliphatic heterocycles.